The third-order valence-electron chi connectivity index (χ3n) is 3.05. The Bertz CT molecular complexity index is 599. The fourth-order valence-corrected chi connectivity index (χ4v) is 1.91. The van der Waals surface area contributed by atoms with Crippen LogP contribution in [-0.2, 0) is 19.3 Å². The molecule has 0 unspecified atom stereocenters. The number of nitrogens with one attached hydrogen (secondary N) is 1. The summed E-state index contributed by atoms with van der Waals surface area (Å²) in [4.78, 5) is 0. The molecule has 0 aliphatic rings. The lowest BCUT2D eigenvalue weighted by molar-refractivity contribution is -0.137. The number of hydrogen-bond donors (Lipinski definition) is 1. The van der Waals surface area contributed by atoms with E-state index in [0.717, 1.165) is 23.7 Å². The molecule has 2 aromatic heterocycles. The van der Waals surface area contributed by atoms with Crippen molar-refractivity contribution < 1.29 is 17.6 Å². The zero-order chi connectivity index (χ0) is 15.6. The van der Waals surface area contributed by atoms with Gasteiger partial charge in [-0.25, -0.2) is 0 Å². The molecule has 0 fully saturated rings. The van der Waals surface area contributed by atoms with Crippen LogP contribution in [0.1, 0.15) is 36.5 Å². The number of aryl methyl sites for hydroxylation is 1. The lowest BCUT2D eigenvalue weighted by Gasteiger charge is -2.04. The van der Waals surface area contributed by atoms with Crippen LogP contribution in [0.5, 0.6) is 0 Å². The molecule has 21 heavy (non-hydrogen) atoms. The molecule has 0 bridgehead atoms. The number of alkyl halides is 3. The predicted molar refractivity (Wildman–Crippen MR) is 71.8 cm³/mol. The van der Waals surface area contributed by atoms with E-state index in [0.29, 0.717) is 18.3 Å². The number of hydrogen-bond acceptors (Lipinski definition) is 3. The van der Waals surface area contributed by atoms with Crippen LogP contribution >= 0.6 is 0 Å². The van der Waals surface area contributed by atoms with E-state index in [2.05, 4.69) is 10.4 Å². The standard InChI is InChI=1S/C14H18F3N3O/c1-9(2)18-6-13-4-11(10(3)21-13)7-20-8-12(5-19-20)14(15,16)17/h4-5,8-9,18H,6-7H2,1-3H3. The van der Waals surface area contributed by atoms with Crippen LogP contribution in [0.15, 0.2) is 22.9 Å². The van der Waals surface area contributed by atoms with Gasteiger partial charge in [-0.15, -0.1) is 0 Å². The second-order valence-corrected chi connectivity index (χ2v) is 5.25. The first-order valence-electron chi connectivity index (χ1n) is 6.67. The second kappa shape index (κ2) is 5.93. The van der Waals surface area contributed by atoms with Gasteiger partial charge < -0.3 is 9.73 Å². The molecule has 0 saturated heterocycles. The molecule has 0 amide bonds. The van der Waals surface area contributed by atoms with Crippen LogP contribution in [-0.4, -0.2) is 15.8 Å². The van der Waals surface area contributed by atoms with Crippen molar-refractivity contribution in [3.05, 3.63) is 41.1 Å². The minimum Gasteiger partial charge on any atom is -0.465 e. The molecule has 2 aromatic rings. The molecule has 0 aromatic carbocycles. The van der Waals surface area contributed by atoms with Crippen LogP contribution < -0.4 is 5.32 Å². The van der Waals surface area contributed by atoms with Gasteiger partial charge >= 0.3 is 6.18 Å². The Morgan fingerprint density at radius 1 is 1.38 bits per heavy atom. The Labute approximate surface area is 120 Å². The topological polar surface area (TPSA) is 43.0 Å². The van der Waals surface area contributed by atoms with Crippen LogP contribution in [0.3, 0.4) is 0 Å². The van der Waals surface area contributed by atoms with Gasteiger partial charge in [-0.3, -0.25) is 4.68 Å². The minimum absolute atomic E-state index is 0.257. The van der Waals surface area contributed by atoms with Gasteiger partial charge in [-0.05, 0) is 13.0 Å². The fraction of sp³-hybridized carbons (Fsp3) is 0.500. The van der Waals surface area contributed by atoms with Crippen molar-refractivity contribution in [3.8, 4) is 0 Å². The molecule has 0 spiro atoms. The normalized spacial score (nSPS) is 12.3. The summed E-state index contributed by atoms with van der Waals surface area (Å²) in [7, 11) is 0. The summed E-state index contributed by atoms with van der Waals surface area (Å²) in [6, 6.07) is 2.18. The van der Waals surface area contributed by atoms with E-state index < -0.39 is 11.7 Å². The van der Waals surface area contributed by atoms with Gasteiger partial charge in [0, 0.05) is 17.8 Å². The summed E-state index contributed by atoms with van der Waals surface area (Å²) in [5.41, 5.74) is 0.0812. The van der Waals surface area contributed by atoms with Crippen molar-refractivity contribution in [3.63, 3.8) is 0 Å². The first-order valence-corrected chi connectivity index (χ1v) is 6.67. The van der Waals surface area contributed by atoms with Crippen LogP contribution in [0.2, 0.25) is 0 Å². The summed E-state index contributed by atoms with van der Waals surface area (Å²) in [6.07, 6.45) is -2.54. The number of aromatic nitrogens is 2. The average Bonchev–Trinajstić information content (AvgIpc) is 2.95. The molecule has 0 atom stereocenters. The van der Waals surface area contributed by atoms with E-state index in [1.165, 1.54) is 4.68 Å². The summed E-state index contributed by atoms with van der Waals surface area (Å²) in [5, 5.41) is 6.97. The average molecular weight is 301 g/mol. The highest BCUT2D eigenvalue weighted by atomic mass is 19.4. The molecule has 7 heteroatoms. The van der Waals surface area contributed by atoms with Gasteiger partial charge in [0.2, 0.25) is 0 Å². The van der Waals surface area contributed by atoms with E-state index in [1.54, 1.807) is 6.92 Å². The molecular formula is C14H18F3N3O. The molecule has 116 valence electrons. The first kappa shape index (κ1) is 15.6. The Balaban J connectivity index is 2.07. The third kappa shape index (κ3) is 4.10. The van der Waals surface area contributed by atoms with Crippen molar-refractivity contribution in [2.45, 2.75) is 46.1 Å². The summed E-state index contributed by atoms with van der Waals surface area (Å²) < 4.78 is 44.4. The van der Waals surface area contributed by atoms with Crippen LogP contribution in [0, 0.1) is 6.92 Å². The van der Waals surface area contributed by atoms with Crippen molar-refractivity contribution in [2.75, 3.05) is 0 Å². The van der Waals surface area contributed by atoms with Gasteiger partial charge in [-0.2, -0.15) is 18.3 Å². The zero-order valence-electron chi connectivity index (χ0n) is 12.2. The lowest BCUT2D eigenvalue weighted by atomic mass is 10.2. The molecule has 0 aliphatic carbocycles. The predicted octanol–water partition coefficient (Wildman–Crippen LogP) is 3.35. The molecule has 4 nitrogen and oxygen atoms in total. The number of furan rings is 1. The van der Waals surface area contributed by atoms with E-state index >= 15 is 0 Å². The van der Waals surface area contributed by atoms with E-state index in [4.69, 9.17) is 4.42 Å². The Morgan fingerprint density at radius 3 is 2.67 bits per heavy atom. The summed E-state index contributed by atoms with van der Waals surface area (Å²) in [5.74, 6) is 1.46. The first-order chi connectivity index (χ1) is 9.75. The van der Waals surface area contributed by atoms with Gasteiger partial charge in [-0.1, -0.05) is 13.8 Å². The number of rotatable bonds is 5. The molecule has 0 saturated carbocycles. The maximum atomic E-state index is 12.5. The molecule has 2 heterocycles. The quantitative estimate of drug-likeness (QED) is 0.921. The summed E-state index contributed by atoms with van der Waals surface area (Å²) in [6.45, 7) is 6.69. The van der Waals surface area contributed by atoms with Gasteiger partial charge in [0.1, 0.15) is 11.5 Å². The van der Waals surface area contributed by atoms with E-state index in [-0.39, 0.29) is 6.54 Å². The molecule has 1 N–H and O–H groups in total. The van der Waals surface area contributed by atoms with E-state index in [9.17, 15) is 13.2 Å². The highest BCUT2D eigenvalue weighted by molar-refractivity contribution is 5.21. The zero-order valence-corrected chi connectivity index (χ0v) is 12.2. The van der Waals surface area contributed by atoms with Gasteiger partial charge in [0.05, 0.1) is 24.8 Å². The van der Waals surface area contributed by atoms with Crippen molar-refractivity contribution >= 4 is 0 Å². The van der Waals surface area contributed by atoms with Crippen molar-refractivity contribution in [1.82, 2.24) is 15.1 Å². The monoisotopic (exact) mass is 301 g/mol. The highest BCUT2D eigenvalue weighted by Crippen LogP contribution is 2.28. The van der Waals surface area contributed by atoms with Crippen molar-refractivity contribution in [1.29, 1.82) is 0 Å². The van der Waals surface area contributed by atoms with Crippen molar-refractivity contribution in [2.24, 2.45) is 0 Å². The Morgan fingerprint density at radius 2 is 2.10 bits per heavy atom. The van der Waals surface area contributed by atoms with Crippen LogP contribution in [0.4, 0.5) is 13.2 Å². The highest BCUT2D eigenvalue weighted by Gasteiger charge is 2.32. The molecule has 0 aliphatic heterocycles. The van der Waals surface area contributed by atoms with Gasteiger partial charge in [0.15, 0.2) is 0 Å². The smallest absolute Gasteiger partial charge is 0.419 e. The maximum Gasteiger partial charge on any atom is 0.419 e. The van der Waals surface area contributed by atoms with Crippen LogP contribution in [0.25, 0.3) is 0 Å². The number of nitrogens with zero attached hydrogens (tertiary/aromatic N) is 2. The SMILES string of the molecule is Cc1oc(CNC(C)C)cc1Cn1cc(C(F)(F)F)cn1. The third-order valence-corrected chi connectivity index (χ3v) is 3.05. The fourth-order valence-electron chi connectivity index (χ4n) is 1.91. The number of halogens is 3. The molecule has 0 radical (unpaired) electrons. The summed E-state index contributed by atoms with van der Waals surface area (Å²) >= 11 is 0. The molecular weight excluding hydrogens is 283 g/mol. The van der Waals surface area contributed by atoms with Gasteiger partial charge in [0.25, 0.3) is 0 Å². The molecule has 2 rings (SSSR count). The van der Waals surface area contributed by atoms with E-state index in [1.807, 2.05) is 19.9 Å². The Hall–Kier alpha value is -1.76. The lowest BCUT2D eigenvalue weighted by Crippen LogP contribution is -2.21. The Kier molecular flexibility index (Phi) is 4.41. The largest absolute Gasteiger partial charge is 0.465 e. The second-order valence-electron chi connectivity index (χ2n) is 5.25. The minimum atomic E-state index is -4.37. The maximum absolute atomic E-state index is 12.5.